The van der Waals surface area contributed by atoms with E-state index in [0.717, 1.165) is 42.5 Å². The molecule has 2 amide bonds. The second kappa shape index (κ2) is 6.64. The molecule has 1 aliphatic heterocycles. The Balaban J connectivity index is 1.64. The fourth-order valence-electron chi connectivity index (χ4n) is 2.93. The van der Waals surface area contributed by atoms with Gasteiger partial charge in [0, 0.05) is 42.9 Å². The summed E-state index contributed by atoms with van der Waals surface area (Å²) in [5.74, 6) is 0. The SMILES string of the molecule is CCNC(=O)N1CCC(Nc2ccnc3ccccc23)CC1. The monoisotopic (exact) mass is 298 g/mol. The zero-order chi connectivity index (χ0) is 15.4. The molecule has 5 heteroatoms. The predicted octanol–water partition coefficient (Wildman–Crippen LogP) is 2.84. The molecule has 0 bridgehead atoms. The van der Waals surface area contributed by atoms with E-state index < -0.39 is 0 Å². The number of amides is 2. The normalized spacial score (nSPS) is 15.8. The van der Waals surface area contributed by atoms with Gasteiger partial charge in [-0.05, 0) is 31.9 Å². The Morgan fingerprint density at radius 3 is 2.82 bits per heavy atom. The number of aromatic nitrogens is 1. The summed E-state index contributed by atoms with van der Waals surface area (Å²) < 4.78 is 0. The van der Waals surface area contributed by atoms with E-state index >= 15 is 0 Å². The smallest absolute Gasteiger partial charge is 0.317 e. The quantitative estimate of drug-likeness (QED) is 0.916. The number of nitrogens with zero attached hydrogens (tertiary/aromatic N) is 2. The fraction of sp³-hybridized carbons (Fsp3) is 0.412. The van der Waals surface area contributed by atoms with Gasteiger partial charge < -0.3 is 15.5 Å². The average molecular weight is 298 g/mol. The Hall–Kier alpha value is -2.30. The highest BCUT2D eigenvalue weighted by molar-refractivity contribution is 5.91. The van der Waals surface area contributed by atoms with E-state index in [-0.39, 0.29) is 6.03 Å². The third-order valence-corrected chi connectivity index (χ3v) is 4.12. The van der Waals surface area contributed by atoms with Crippen molar-refractivity contribution in [1.29, 1.82) is 0 Å². The number of pyridine rings is 1. The van der Waals surface area contributed by atoms with Gasteiger partial charge >= 0.3 is 6.03 Å². The Morgan fingerprint density at radius 2 is 2.05 bits per heavy atom. The number of nitrogens with one attached hydrogen (secondary N) is 2. The van der Waals surface area contributed by atoms with Crippen molar-refractivity contribution in [2.24, 2.45) is 0 Å². The average Bonchev–Trinajstić information content (AvgIpc) is 2.56. The molecule has 116 valence electrons. The standard InChI is InChI=1S/C17H22N4O/c1-2-18-17(22)21-11-8-13(9-12-21)20-16-7-10-19-15-6-4-3-5-14(15)16/h3-7,10,13H,2,8-9,11-12H2,1H3,(H,18,22)(H,19,20). The largest absolute Gasteiger partial charge is 0.382 e. The number of benzene rings is 1. The van der Waals surface area contributed by atoms with Gasteiger partial charge in [0.25, 0.3) is 0 Å². The van der Waals surface area contributed by atoms with Gasteiger partial charge in [0.05, 0.1) is 5.52 Å². The molecule has 0 saturated carbocycles. The van der Waals surface area contributed by atoms with Crippen molar-refractivity contribution in [1.82, 2.24) is 15.2 Å². The molecule has 5 nitrogen and oxygen atoms in total. The number of carbonyl (C=O) groups is 1. The van der Waals surface area contributed by atoms with Crippen LogP contribution in [0.5, 0.6) is 0 Å². The first kappa shape index (κ1) is 14.6. The number of carbonyl (C=O) groups excluding carboxylic acids is 1. The topological polar surface area (TPSA) is 57.3 Å². The Kier molecular flexibility index (Phi) is 4.42. The molecule has 1 fully saturated rings. The van der Waals surface area contributed by atoms with Crippen LogP contribution in [0.15, 0.2) is 36.5 Å². The molecule has 0 spiro atoms. The maximum Gasteiger partial charge on any atom is 0.317 e. The maximum absolute atomic E-state index is 11.8. The van der Waals surface area contributed by atoms with Gasteiger partial charge in [-0.25, -0.2) is 4.79 Å². The Labute approximate surface area is 130 Å². The van der Waals surface area contributed by atoms with Crippen molar-refractivity contribution >= 4 is 22.6 Å². The van der Waals surface area contributed by atoms with Crippen LogP contribution in [0.1, 0.15) is 19.8 Å². The van der Waals surface area contributed by atoms with Crippen LogP contribution in [0.3, 0.4) is 0 Å². The lowest BCUT2D eigenvalue weighted by atomic mass is 10.0. The molecule has 0 radical (unpaired) electrons. The van der Waals surface area contributed by atoms with E-state index in [0.29, 0.717) is 12.6 Å². The van der Waals surface area contributed by atoms with Gasteiger partial charge in [0.15, 0.2) is 0 Å². The number of anilines is 1. The molecule has 22 heavy (non-hydrogen) atoms. The summed E-state index contributed by atoms with van der Waals surface area (Å²) in [5.41, 5.74) is 2.13. The molecule has 0 atom stereocenters. The van der Waals surface area contributed by atoms with Crippen LogP contribution in [0.2, 0.25) is 0 Å². The van der Waals surface area contributed by atoms with Crippen LogP contribution in [-0.4, -0.2) is 41.6 Å². The van der Waals surface area contributed by atoms with Gasteiger partial charge in [0.2, 0.25) is 0 Å². The van der Waals surface area contributed by atoms with Crippen LogP contribution in [0.25, 0.3) is 10.9 Å². The number of rotatable bonds is 3. The fourth-order valence-corrected chi connectivity index (χ4v) is 2.93. The van der Waals surface area contributed by atoms with E-state index in [1.807, 2.05) is 42.3 Å². The number of urea groups is 1. The highest BCUT2D eigenvalue weighted by Crippen LogP contribution is 2.24. The molecule has 1 saturated heterocycles. The first-order valence-electron chi connectivity index (χ1n) is 7.91. The molecule has 0 unspecified atom stereocenters. The van der Waals surface area contributed by atoms with Crippen LogP contribution in [0, 0.1) is 0 Å². The van der Waals surface area contributed by atoms with Crippen molar-refractivity contribution in [3.8, 4) is 0 Å². The molecule has 1 aliphatic rings. The zero-order valence-corrected chi connectivity index (χ0v) is 12.9. The molecule has 1 aromatic heterocycles. The van der Waals surface area contributed by atoms with E-state index in [1.165, 1.54) is 0 Å². The van der Waals surface area contributed by atoms with E-state index in [9.17, 15) is 4.79 Å². The number of likely N-dealkylation sites (tertiary alicyclic amines) is 1. The number of hydrogen-bond donors (Lipinski definition) is 2. The van der Waals surface area contributed by atoms with E-state index in [4.69, 9.17) is 0 Å². The molecule has 0 aliphatic carbocycles. The van der Waals surface area contributed by atoms with Crippen LogP contribution in [0.4, 0.5) is 10.5 Å². The summed E-state index contributed by atoms with van der Waals surface area (Å²) in [6.45, 7) is 4.22. The summed E-state index contributed by atoms with van der Waals surface area (Å²) in [7, 11) is 0. The predicted molar refractivity (Wildman–Crippen MR) is 89.0 cm³/mol. The van der Waals surface area contributed by atoms with Gasteiger partial charge in [-0.15, -0.1) is 0 Å². The summed E-state index contributed by atoms with van der Waals surface area (Å²) in [5, 5.41) is 7.63. The first-order valence-corrected chi connectivity index (χ1v) is 7.91. The highest BCUT2D eigenvalue weighted by atomic mass is 16.2. The van der Waals surface area contributed by atoms with E-state index in [2.05, 4.69) is 21.7 Å². The summed E-state index contributed by atoms with van der Waals surface area (Å²) in [6.07, 6.45) is 3.77. The Morgan fingerprint density at radius 1 is 1.27 bits per heavy atom. The third-order valence-electron chi connectivity index (χ3n) is 4.12. The zero-order valence-electron chi connectivity index (χ0n) is 12.9. The van der Waals surface area contributed by atoms with Gasteiger partial charge in [-0.3, -0.25) is 4.98 Å². The molecule has 2 aromatic rings. The minimum Gasteiger partial charge on any atom is -0.382 e. The lowest BCUT2D eigenvalue weighted by Crippen LogP contribution is -2.46. The van der Waals surface area contributed by atoms with E-state index in [1.54, 1.807) is 0 Å². The van der Waals surface area contributed by atoms with Crippen molar-refractivity contribution in [2.75, 3.05) is 25.0 Å². The molecule has 2 heterocycles. The summed E-state index contributed by atoms with van der Waals surface area (Å²) >= 11 is 0. The van der Waals surface area contributed by atoms with Crippen LogP contribution < -0.4 is 10.6 Å². The van der Waals surface area contributed by atoms with Crippen molar-refractivity contribution in [3.05, 3.63) is 36.5 Å². The summed E-state index contributed by atoms with van der Waals surface area (Å²) in [4.78, 5) is 18.1. The number of hydrogen-bond acceptors (Lipinski definition) is 3. The number of piperidine rings is 1. The van der Waals surface area contributed by atoms with Gasteiger partial charge in [-0.2, -0.15) is 0 Å². The summed E-state index contributed by atoms with van der Waals surface area (Å²) in [6, 6.07) is 10.6. The lowest BCUT2D eigenvalue weighted by molar-refractivity contribution is 0.184. The van der Waals surface area contributed by atoms with Gasteiger partial charge in [-0.1, -0.05) is 18.2 Å². The van der Waals surface area contributed by atoms with Crippen LogP contribution in [-0.2, 0) is 0 Å². The third kappa shape index (κ3) is 3.13. The lowest BCUT2D eigenvalue weighted by Gasteiger charge is -2.33. The molecule has 2 N–H and O–H groups in total. The Bertz CT molecular complexity index is 645. The van der Waals surface area contributed by atoms with Crippen molar-refractivity contribution in [3.63, 3.8) is 0 Å². The minimum atomic E-state index is 0.0512. The molecular formula is C17H22N4O. The molecular weight excluding hydrogens is 276 g/mol. The molecule has 1 aromatic carbocycles. The van der Waals surface area contributed by atoms with Crippen LogP contribution >= 0.6 is 0 Å². The maximum atomic E-state index is 11.8. The second-order valence-corrected chi connectivity index (χ2v) is 5.62. The molecule has 3 rings (SSSR count). The number of para-hydroxylation sites is 1. The second-order valence-electron chi connectivity index (χ2n) is 5.62. The van der Waals surface area contributed by atoms with Crippen molar-refractivity contribution < 1.29 is 4.79 Å². The number of fused-ring (bicyclic) bond motifs is 1. The highest BCUT2D eigenvalue weighted by Gasteiger charge is 2.22. The van der Waals surface area contributed by atoms with Gasteiger partial charge in [0.1, 0.15) is 0 Å². The minimum absolute atomic E-state index is 0.0512. The first-order chi connectivity index (χ1) is 10.8. The van der Waals surface area contributed by atoms with Crippen molar-refractivity contribution in [2.45, 2.75) is 25.8 Å².